The second kappa shape index (κ2) is 5.26. The molecule has 0 fully saturated rings. The Morgan fingerprint density at radius 2 is 2.11 bits per heavy atom. The molecule has 0 aliphatic heterocycles. The van der Waals surface area contributed by atoms with Gasteiger partial charge in [0.15, 0.2) is 0 Å². The molecule has 7 heteroatoms. The monoisotopic (exact) mass is 309 g/mol. The van der Waals surface area contributed by atoms with Gasteiger partial charge in [0.05, 0.1) is 36.0 Å². The molecule has 18 heavy (non-hydrogen) atoms. The summed E-state index contributed by atoms with van der Waals surface area (Å²) < 4.78 is 1.72. The highest BCUT2D eigenvalue weighted by atomic mass is 79.9. The highest BCUT2D eigenvalue weighted by Gasteiger charge is 2.06. The summed E-state index contributed by atoms with van der Waals surface area (Å²) in [6.45, 7) is 2.37. The van der Waals surface area contributed by atoms with Gasteiger partial charge in [-0.2, -0.15) is 5.10 Å². The molecule has 0 saturated carbocycles. The summed E-state index contributed by atoms with van der Waals surface area (Å²) in [6.07, 6.45) is 4.99. The fourth-order valence-electron chi connectivity index (χ4n) is 1.33. The second-order valence-corrected chi connectivity index (χ2v) is 4.60. The van der Waals surface area contributed by atoms with Crippen LogP contribution in [0.5, 0.6) is 0 Å². The van der Waals surface area contributed by atoms with E-state index in [1.54, 1.807) is 25.6 Å². The minimum Gasteiger partial charge on any atom is -0.377 e. The molecule has 0 aromatic carbocycles. The number of anilines is 1. The van der Waals surface area contributed by atoms with Gasteiger partial charge in [-0.3, -0.25) is 14.8 Å². The highest BCUT2D eigenvalue weighted by molar-refractivity contribution is 9.10. The lowest BCUT2D eigenvalue weighted by Crippen LogP contribution is -2.21. The van der Waals surface area contributed by atoms with E-state index in [4.69, 9.17) is 0 Å². The van der Waals surface area contributed by atoms with Crippen LogP contribution in [0.3, 0.4) is 0 Å². The standard InChI is InChI=1S/C11H12BrN5O/c1-7-3-14-8(4-13-7)5-15-9-6-16-17(2)11(18)10(9)12/h3-4,6,15H,5H2,1-2H3. The molecule has 1 N–H and O–H groups in total. The van der Waals surface area contributed by atoms with Gasteiger partial charge in [0.1, 0.15) is 4.47 Å². The molecule has 0 amide bonds. The van der Waals surface area contributed by atoms with E-state index >= 15 is 0 Å². The van der Waals surface area contributed by atoms with Crippen molar-refractivity contribution in [2.75, 3.05) is 5.32 Å². The molecule has 2 aromatic heterocycles. The van der Waals surface area contributed by atoms with Crippen LogP contribution in [0.2, 0.25) is 0 Å². The smallest absolute Gasteiger partial charge is 0.282 e. The average molecular weight is 310 g/mol. The van der Waals surface area contributed by atoms with Crippen LogP contribution in [0.4, 0.5) is 5.69 Å². The van der Waals surface area contributed by atoms with Crippen LogP contribution in [0.1, 0.15) is 11.4 Å². The Kier molecular flexibility index (Phi) is 3.71. The predicted molar refractivity (Wildman–Crippen MR) is 71.3 cm³/mol. The molecule has 2 aromatic rings. The lowest BCUT2D eigenvalue weighted by Gasteiger charge is -2.08. The molecular formula is C11H12BrN5O. The maximum Gasteiger partial charge on any atom is 0.282 e. The molecule has 2 heterocycles. The van der Waals surface area contributed by atoms with Crippen molar-refractivity contribution in [1.29, 1.82) is 0 Å². The van der Waals surface area contributed by atoms with Crippen LogP contribution < -0.4 is 10.9 Å². The van der Waals surface area contributed by atoms with E-state index in [0.717, 1.165) is 11.4 Å². The maximum atomic E-state index is 11.6. The van der Waals surface area contributed by atoms with E-state index in [1.807, 2.05) is 6.92 Å². The number of hydrogen-bond donors (Lipinski definition) is 1. The third-order valence-electron chi connectivity index (χ3n) is 2.37. The van der Waals surface area contributed by atoms with Gasteiger partial charge in [-0.25, -0.2) is 4.68 Å². The summed E-state index contributed by atoms with van der Waals surface area (Å²) in [5, 5.41) is 7.03. The van der Waals surface area contributed by atoms with Gasteiger partial charge in [0.25, 0.3) is 5.56 Å². The lowest BCUT2D eigenvalue weighted by atomic mass is 10.4. The third kappa shape index (κ3) is 2.73. The highest BCUT2D eigenvalue weighted by Crippen LogP contribution is 2.16. The minimum atomic E-state index is -0.185. The normalized spacial score (nSPS) is 10.4. The first-order chi connectivity index (χ1) is 8.58. The molecule has 0 aliphatic rings. The van der Waals surface area contributed by atoms with Gasteiger partial charge in [0, 0.05) is 13.2 Å². The molecule has 0 aliphatic carbocycles. The van der Waals surface area contributed by atoms with Crippen molar-refractivity contribution in [3.63, 3.8) is 0 Å². The van der Waals surface area contributed by atoms with E-state index in [2.05, 4.69) is 36.3 Å². The number of rotatable bonds is 3. The Hall–Kier alpha value is -1.76. The zero-order chi connectivity index (χ0) is 13.1. The molecule has 0 radical (unpaired) electrons. The van der Waals surface area contributed by atoms with Crippen molar-refractivity contribution in [3.8, 4) is 0 Å². The Morgan fingerprint density at radius 1 is 1.33 bits per heavy atom. The van der Waals surface area contributed by atoms with Gasteiger partial charge in [-0.15, -0.1) is 0 Å². The molecule has 0 atom stereocenters. The van der Waals surface area contributed by atoms with Crippen molar-refractivity contribution in [2.24, 2.45) is 7.05 Å². The number of nitrogens with zero attached hydrogens (tertiary/aromatic N) is 4. The van der Waals surface area contributed by atoms with Crippen molar-refractivity contribution >= 4 is 21.6 Å². The number of aromatic nitrogens is 4. The van der Waals surface area contributed by atoms with Crippen LogP contribution in [0, 0.1) is 6.92 Å². The number of halogens is 1. The SMILES string of the molecule is Cc1cnc(CNc2cnn(C)c(=O)c2Br)cn1. The zero-order valence-electron chi connectivity index (χ0n) is 10.0. The summed E-state index contributed by atoms with van der Waals surface area (Å²) in [6, 6.07) is 0. The number of aryl methyl sites for hydroxylation is 2. The van der Waals surface area contributed by atoms with Crippen LogP contribution >= 0.6 is 15.9 Å². The molecule has 0 saturated heterocycles. The predicted octanol–water partition coefficient (Wildman–Crippen LogP) is 1.25. The zero-order valence-corrected chi connectivity index (χ0v) is 11.6. The van der Waals surface area contributed by atoms with E-state index in [9.17, 15) is 4.79 Å². The Balaban J connectivity index is 2.13. The van der Waals surface area contributed by atoms with Crippen molar-refractivity contribution < 1.29 is 0 Å². The molecule has 2 rings (SSSR count). The molecule has 94 valence electrons. The first-order valence-corrected chi connectivity index (χ1v) is 6.10. The van der Waals surface area contributed by atoms with Crippen LogP contribution in [0.15, 0.2) is 27.9 Å². The Morgan fingerprint density at radius 3 is 2.78 bits per heavy atom. The van der Waals surface area contributed by atoms with Gasteiger partial charge in [-0.05, 0) is 22.9 Å². The van der Waals surface area contributed by atoms with E-state index < -0.39 is 0 Å². The fourth-order valence-corrected chi connectivity index (χ4v) is 1.83. The van der Waals surface area contributed by atoms with Crippen LogP contribution in [-0.2, 0) is 13.6 Å². The summed E-state index contributed by atoms with van der Waals surface area (Å²) in [5.74, 6) is 0. The largest absolute Gasteiger partial charge is 0.377 e. The molecule has 6 nitrogen and oxygen atoms in total. The molecular weight excluding hydrogens is 298 g/mol. The summed E-state index contributed by atoms with van der Waals surface area (Å²) in [7, 11) is 1.60. The fraction of sp³-hybridized carbons (Fsp3) is 0.273. The summed E-state index contributed by atoms with van der Waals surface area (Å²) >= 11 is 3.24. The molecule has 0 spiro atoms. The quantitative estimate of drug-likeness (QED) is 0.924. The van der Waals surface area contributed by atoms with Crippen molar-refractivity contribution in [3.05, 3.63) is 44.8 Å². The van der Waals surface area contributed by atoms with E-state index in [1.165, 1.54) is 4.68 Å². The first kappa shape index (κ1) is 12.7. The van der Waals surface area contributed by atoms with Gasteiger partial charge >= 0.3 is 0 Å². The Labute approximate surface area is 112 Å². The molecule has 0 bridgehead atoms. The Bertz CT molecular complexity index is 608. The number of hydrogen-bond acceptors (Lipinski definition) is 5. The van der Waals surface area contributed by atoms with Crippen LogP contribution in [-0.4, -0.2) is 19.7 Å². The lowest BCUT2D eigenvalue weighted by molar-refractivity contribution is 0.703. The van der Waals surface area contributed by atoms with Crippen LogP contribution in [0.25, 0.3) is 0 Å². The van der Waals surface area contributed by atoms with E-state index in [0.29, 0.717) is 16.7 Å². The van der Waals surface area contributed by atoms with E-state index in [-0.39, 0.29) is 5.56 Å². The third-order valence-corrected chi connectivity index (χ3v) is 3.14. The topological polar surface area (TPSA) is 72.7 Å². The van der Waals surface area contributed by atoms with Gasteiger partial charge in [-0.1, -0.05) is 0 Å². The van der Waals surface area contributed by atoms with Crippen molar-refractivity contribution in [2.45, 2.75) is 13.5 Å². The summed E-state index contributed by atoms with van der Waals surface area (Å²) in [5.41, 5.74) is 2.12. The minimum absolute atomic E-state index is 0.185. The van der Waals surface area contributed by atoms with Crippen molar-refractivity contribution in [1.82, 2.24) is 19.7 Å². The average Bonchev–Trinajstić information content (AvgIpc) is 2.37. The van der Waals surface area contributed by atoms with Gasteiger partial charge < -0.3 is 5.32 Å². The van der Waals surface area contributed by atoms with Gasteiger partial charge in [0.2, 0.25) is 0 Å². The second-order valence-electron chi connectivity index (χ2n) is 3.80. The molecule has 0 unspecified atom stereocenters. The number of nitrogens with one attached hydrogen (secondary N) is 1. The summed E-state index contributed by atoms with van der Waals surface area (Å²) in [4.78, 5) is 20.0. The first-order valence-electron chi connectivity index (χ1n) is 5.31. The maximum absolute atomic E-state index is 11.6.